The molecule has 38 heavy (non-hydrogen) atoms. The van der Waals surface area contributed by atoms with Crippen LogP contribution in [0.4, 0.5) is 0 Å². The molecule has 1 unspecified atom stereocenters. The van der Waals surface area contributed by atoms with Gasteiger partial charge in [-0.25, -0.2) is 0 Å². The van der Waals surface area contributed by atoms with Crippen LogP contribution in [0, 0.1) is 13.8 Å². The summed E-state index contributed by atoms with van der Waals surface area (Å²) in [4.78, 5) is 32.8. The highest BCUT2D eigenvalue weighted by molar-refractivity contribution is 6.01. The summed E-state index contributed by atoms with van der Waals surface area (Å²) in [6, 6.07) is 19.6. The summed E-state index contributed by atoms with van der Waals surface area (Å²) in [5, 5.41) is 26.7. The lowest BCUT2D eigenvalue weighted by Crippen LogP contribution is -2.40. The maximum Gasteiger partial charge on any atom is 0.254 e. The number of amides is 2. The number of aliphatic hydroxyl groups excluding tert-OH is 1. The van der Waals surface area contributed by atoms with E-state index in [1.807, 2.05) is 30.3 Å². The van der Waals surface area contributed by atoms with E-state index >= 15 is 0 Å². The van der Waals surface area contributed by atoms with E-state index in [2.05, 4.69) is 36.5 Å². The third kappa shape index (κ3) is 6.20. The maximum absolute atomic E-state index is 13.5. The topological polar surface area (TPSA) is 111 Å². The van der Waals surface area contributed by atoms with Crippen LogP contribution in [0.15, 0.2) is 71.9 Å². The highest BCUT2D eigenvalue weighted by Gasteiger charge is 2.35. The average molecular weight is 516 g/mol. The number of hydrogen-bond donors (Lipinski definition) is 3. The molecular formula is C30H33N3O5. The number of nitrogens with one attached hydrogen (secondary N) is 1. The second-order valence-corrected chi connectivity index (χ2v) is 9.59. The summed E-state index contributed by atoms with van der Waals surface area (Å²) in [6.45, 7) is 4.40. The molecule has 0 aliphatic carbocycles. The Labute approximate surface area is 222 Å². The van der Waals surface area contributed by atoms with Crippen LogP contribution in [-0.2, 0) is 9.63 Å². The van der Waals surface area contributed by atoms with E-state index in [9.17, 15) is 19.8 Å². The van der Waals surface area contributed by atoms with Crippen molar-refractivity contribution in [3.05, 3.63) is 89.0 Å². The van der Waals surface area contributed by atoms with Crippen LogP contribution in [0.5, 0.6) is 5.75 Å². The van der Waals surface area contributed by atoms with E-state index in [4.69, 9.17) is 4.84 Å². The molecular weight excluding hydrogens is 482 g/mol. The zero-order valence-electron chi connectivity index (χ0n) is 21.8. The quantitative estimate of drug-likeness (QED) is 0.391. The van der Waals surface area contributed by atoms with Gasteiger partial charge in [0.1, 0.15) is 12.9 Å². The number of likely N-dealkylation sites (tertiary alicyclic amines) is 1. The third-order valence-electron chi connectivity index (χ3n) is 6.82. The molecule has 2 atom stereocenters. The summed E-state index contributed by atoms with van der Waals surface area (Å²) in [5.41, 5.74) is 6.26. The summed E-state index contributed by atoms with van der Waals surface area (Å²) in [7, 11) is 1.45. The molecule has 1 fully saturated rings. The van der Waals surface area contributed by atoms with Crippen molar-refractivity contribution in [2.24, 2.45) is 5.16 Å². The molecule has 0 radical (unpaired) electrons. The van der Waals surface area contributed by atoms with E-state index in [1.165, 1.54) is 30.4 Å². The summed E-state index contributed by atoms with van der Waals surface area (Å²) >= 11 is 0. The van der Waals surface area contributed by atoms with Crippen molar-refractivity contribution in [1.82, 2.24) is 10.2 Å². The van der Waals surface area contributed by atoms with E-state index in [-0.39, 0.29) is 37.1 Å². The zero-order valence-corrected chi connectivity index (χ0v) is 21.8. The van der Waals surface area contributed by atoms with Gasteiger partial charge in [-0.1, -0.05) is 47.6 Å². The van der Waals surface area contributed by atoms with Crippen molar-refractivity contribution in [1.29, 1.82) is 0 Å². The first-order valence-corrected chi connectivity index (χ1v) is 12.6. The van der Waals surface area contributed by atoms with Gasteiger partial charge in [0.2, 0.25) is 5.91 Å². The Morgan fingerprint density at radius 3 is 2.42 bits per heavy atom. The number of benzene rings is 3. The lowest BCUT2D eigenvalue weighted by Gasteiger charge is -2.24. The number of rotatable bonds is 8. The fourth-order valence-electron chi connectivity index (χ4n) is 4.95. The lowest BCUT2D eigenvalue weighted by molar-refractivity contribution is -0.122. The second-order valence-electron chi connectivity index (χ2n) is 9.59. The number of phenolic OH excluding ortho intramolecular Hbond substituents is 1. The summed E-state index contributed by atoms with van der Waals surface area (Å²) in [5.74, 6) is -0.437. The van der Waals surface area contributed by atoms with Gasteiger partial charge >= 0.3 is 0 Å². The number of carbonyl (C=O) groups excluding carboxylic acids is 2. The lowest BCUT2D eigenvalue weighted by atomic mass is 9.95. The van der Waals surface area contributed by atoms with Crippen LogP contribution in [-0.4, -0.2) is 58.9 Å². The Kier molecular flexibility index (Phi) is 8.43. The van der Waals surface area contributed by atoms with E-state index in [0.29, 0.717) is 23.3 Å². The van der Waals surface area contributed by atoms with Gasteiger partial charge in [0.15, 0.2) is 0 Å². The molecule has 0 saturated carbocycles. The second kappa shape index (κ2) is 11.9. The molecule has 8 heteroatoms. The van der Waals surface area contributed by atoms with Crippen LogP contribution in [0.25, 0.3) is 11.1 Å². The number of oxime groups is 1. The number of nitrogens with zero attached hydrogens (tertiary/aromatic N) is 2. The first-order valence-electron chi connectivity index (χ1n) is 12.6. The Bertz CT molecular complexity index is 1320. The van der Waals surface area contributed by atoms with Crippen LogP contribution < -0.4 is 5.32 Å². The van der Waals surface area contributed by atoms with E-state index in [1.54, 1.807) is 17.0 Å². The number of aromatic hydroxyl groups is 1. The largest absolute Gasteiger partial charge is 0.508 e. The van der Waals surface area contributed by atoms with Gasteiger partial charge in [0.25, 0.3) is 5.91 Å². The van der Waals surface area contributed by atoms with Gasteiger partial charge in [-0.2, -0.15) is 0 Å². The minimum absolute atomic E-state index is 0.0122. The molecule has 3 aromatic rings. The smallest absolute Gasteiger partial charge is 0.254 e. The van der Waals surface area contributed by atoms with Gasteiger partial charge < -0.3 is 25.3 Å². The fourth-order valence-corrected chi connectivity index (χ4v) is 4.95. The van der Waals surface area contributed by atoms with Crippen LogP contribution in [0.2, 0.25) is 0 Å². The van der Waals surface area contributed by atoms with Gasteiger partial charge in [-0.3, -0.25) is 9.59 Å². The number of hydrogen-bond acceptors (Lipinski definition) is 6. The molecule has 3 N–H and O–H groups in total. The Hall–Kier alpha value is -4.17. The minimum Gasteiger partial charge on any atom is -0.508 e. The van der Waals surface area contributed by atoms with Crippen LogP contribution in [0.3, 0.4) is 0 Å². The van der Waals surface area contributed by atoms with Crippen molar-refractivity contribution < 1.29 is 24.6 Å². The molecule has 0 bridgehead atoms. The predicted molar refractivity (Wildman–Crippen MR) is 146 cm³/mol. The van der Waals surface area contributed by atoms with Crippen molar-refractivity contribution in [2.75, 3.05) is 20.2 Å². The average Bonchev–Trinajstić information content (AvgIpc) is 3.29. The minimum atomic E-state index is -0.964. The van der Waals surface area contributed by atoms with Crippen LogP contribution >= 0.6 is 0 Å². The molecule has 198 valence electrons. The summed E-state index contributed by atoms with van der Waals surface area (Å²) < 4.78 is 0. The van der Waals surface area contributed by atoms with Crippen molar-refractivity contribution in [2.45, 2.75) is 38.8 Å². The monoisotopic (exact) mass is 515 g/mol. The van der Waals surface area contributed by atoms with Crippen molar-refractivity contribution >= 4 is 17.5 Å². The van der Waals surface area contributed by atoms with Crippen molar-refractivity contribution in [3.63, 3.8) is 0 Å². The first-order chi connectivity index (χ1) is 18.3. The number of carbonyl (C=O) groups is 2. The number of aryl methyl sites for hydroxylation is 2. The highest BCUT2D eigenvalue weighted by atomic mass is 16.6. The molecule has 4 rings (SSSR count). The normalized spacial score (nSPS) is 16.9. The SMILES string of the molecule is CON=C1C[C@@H](CC(=O)NCC(O)c2cccc(O)c2)N(C(=O)c2ccc(-c3c(C)cccc3C)cc2)C1. The molecule has 8 nitrogen and oxygen atoms in total. The molecule has 1 saturated heterocycles. The summed E-state index contributed by atoms with van der Waals surface area (Å²) in [6.07, 6.45) is -0.488. The van der Waals surface area contributed by atoms with E-state index in [0.717, 1.165) is 11.1 Å². The zero-order chi connectivity index (χ0) is 27.2. The van der Waals surface area contributed by atoms with Crippen LogP contribution in [0.1, 0.15) is 46.0 Å². The molecule has 1 aliphatic rings. The maximum atomic E-state index is 13.5. The van der Waals surface area contributed by atoms with Gasteiger partial charge in [0.05, 0.1) is 18.4 Å². The fraction of sp³-hybridized carbons (Fsp3) is 0.300. The third-order valence-corrected chi connectivity index (χ3v) is 6.82. The van der Waals surface area contributed by atoms with Gasteiger partial charge in [0, 0.05) is 31.0 Å². The Balaban J connectivity index is 1.44. The molecule has 1 aliphatic heterocycles. The molecule has 3 aromatic carbocycles. The molecule has 0 aromatic heterocycles. The van der Waals surface area contributed by atoms with E-state index < -0.39 is 12.1 Å². The van der Waals surface area contributed by atoms with Gasteiger partial charge in [-0.05, 0) is 65.9 Å². The molecule has 1 heterocycles. The Morgan fingerprint density at radius 2 is 1.76 bits per heavy atom. The Morgan fingerprint density at radius 1 is 1.08 bits per heavy atom. The standard InChI is InChI=1S/C30H33N3O5/c1-19-6-4-7-20(2)29(19)21-10-12-22(13-11-21)30(37)33-18-24(32-38-3)15-25(33)16-28(36)31-17-27(35)23-8-5-9-26(34)14-23/h4-14,25,27,34-35H,15-18H2,1-3H3,(H,31,36)/t25-,27?/m0/s1. The molecule has 0 spiro atoms. The number of phenols is 1. The molecule has 2 amide bonds. The highest BCUT2D eigenvalue weighted by Crippen LogP contribution is 2.28. The predicted octanol–water partition coefficient (Wildman–Crippen LogP) is 4.13. The first kappa shape index (κ1) is 26.9. The van der Waals surface area contributed by atoms with Gasteiger partial charge in [-0.15, -0.1) is 0 Å². The van der Waals surface area contributed by atoms with Crippen molar-refractivity contribution in [3.8, 4) is 16.9 Å². The number of aliphatic hydroxyl groups is 1.